The van der Waals surface area contributed by atoms with E-state index in [1.807, 2.05) is 19.9 Å². The fourth-order valence-electron chi connectivity index (χ4n) is 2.69. The van der Waals surface area contributed by atoms with Gasteiger partial charge in [-0.15, -0.1) is 0 Å². The zero-order valence-corrected chi connectivity index (χ0v) is 13.2. The van der Waals surface area contributed by atoms with Crippen LogP contribution in [0.4, 0.5) is 5.95 Å². The van der Waals surface area contributed by atoms with E-state index in [9.17, 15) is 0 Å². The SMILES string of the molecule is CCN1CCN([C@@H](C)CNc2nc(C)cc(C)n2)CC1. The third-order valence-electron chi connectivity index (χ3n) is 4.02. The Morgan fingerprint density at radius 2 is 1.75 bits per heavy atom. The number of aromatic nitrogens is 2. The first kappa shape index (κ1) is 15.2. The summed E-state index contributed by atoms with van der Waals surface area (Å²) in [6, 6.07) is 2.51. The summed E-state index contributed by atoms with van der Waals surface area (Å²) >= 11 is 0. The molecule has 0 spiro atoms. The summed E-state index contributed by atoms with van der Waals surface area (Å²) in [5.41, 5.74) is 2.04. The number of aryl methyl sites for hydroxylation is 2. The molecule has 5 nitrogen and oxygen atoms in total. The largest absolute Gasteiger partial charge is 0.353 e. The van der Waals surface area contributed by atoms with E-state index < -0.39 is 0 Å². The third kappa shape index (κ3) is 4.15. The first-order valence-corrected chi connectivity index (χ1v) is 7.61. The number of likely N-dealkylation sites (N-methyl/N-ethyl adjacent to an activating group) is 1. The number of hydrogen-bond acceptors (Lipinski definition) is 5. The van der Waals surface area contributed by atoms with Crippen molar-refractivity contribution in [3.63, 3.8) is 0 Å². The second-order valence-corrected chi connectivity index (χ2v) is 5.67. The molecule has 0 unspecified atom stereocenters. The quantitative estimate of drug-likeness (QED) is 0.884. The van der Waals surface area contributed by atoms with Crippen LogP contribution in [0.25, 0.3) is 0 Å². The highest BCUT2D eigenvalue weighted by Gasteiger charge is 2.20. The van der Waals surface area contributed by atoms with Crippen LogP contribution < -0.4 is 5.32 Å². The maximum absolute atomic E-state index is 4.43. The second kappa shape index (κ2) is 6.99. The molecular weight excluding hydrogens is 250 g/mol. The minimum atomic E-state index is 0.512. The van der Waals surface area contributed by atoms with Crippen molar-refractivity contribution >= 4 is 5.95 Å². The number of nitrogens with zero attached hydrogens (tertiary/aromatic N) is 4. The van der Waals surface area contributed by atoms with Crippen LogP contribution in [0.1, 0.15) is 25.2 Å². The molecule has 1 fully saturated rings. The van der Waals surface area contributed by atoms with Gasteiger partial charge in [0.1, 0.15) is 0 Å². The lowest BCUT2D eigenvalue weighted by molar-refractivity contribution is 0.110. The Hall–Kier alpha value is -1.20. The molecule has 20 heavy (non-hydrogen) atoms. The number of piperazine rings is 1. The molecule has 0 bridgehead atoms. The maximum atomic E-state index is 4.43. The molecular formula is C15H27N5. The fourth-order valence-corrected chi connectivity index (χ4v) is 2.69. The third-order valence-corrected chi connectivity index (χ3v) is 4.02. The van der Waals surface area contributed by atoms with E-state index in [0.717, 1.165) is 43.5 Å². The van der Waals surface area contributed by atoms with Gasteiger partial charge < -0.3 is 10.2 Å². The molecule has 1 aliphatic rings. The standard InChI is InChI=1S/C15H27N5/c1-5-19-6-8-20(9-7-19)14(4)11-16-15-17-12(2)10-13(3)18-15/h10,14H,5-9,11H2,1-4H3,(H,16,17,18)/t14-/m0/s1. The Morgan fingerprint density at radius 1 is 1.15 bits per heavy atom. The Bertz CT molecular complexity index is 406. The predicted molar refractivity (Wildman–Crippen MR) is 83.1 cm³/mol. The van der Waals surface area contributed by atoms with Crippen LogP contribution in [0.2, 0.25) is 0 Å². The normalized spacial score (nSPS) is 19.0. The van der Waals surface area contributed by atoms with Crippen LogP contribution in [0.15, 0.2) is 6.07 Å². The van der Waals surface area contributed by atoms with Gasteiger partial charge in [-0.2, -0.15) is 0 Å². The number of nitrogens with one attached hydrogen (secondary N) is 1. The zero-order valence-electron chi connectivity index (χ0n) is 13.2. The van der Waals surface area contributed by atoms with Crippen LogP contribution in [0.5, 0.6) is 0 Å². The van der Waals surface area contributed by atoms with Gasteiger partial charge in [0.15, 0.2) is 0 Å². The van der Waals surface area contributed by atoms with Crippen LogP contribution >= 0.6 is 0 Å². The Morgan fingerprint density at radius 3 is 2.30 bits per heavy atom. The molecule has 0 aromatic carbocycles. The van der Waals surface area contributed by atoms with Crippen molar-refractivity contribution in [3.05, 3.63) is 17.5 Å². The summed E-state index contributed by atoms with van der Waals surface area (Å²) in [6.45, 7) is 15.3. The lowest BCUT2D eigenvalue weighted by atomic mass is 10.2. The Kier molecular flexibility index (Phi) is 5.31. The Balaban J connectivity index is 1.81. The van der Waals surface area contributed by atoms with E-state index >= 15 is 0 Å². The molecule has 1 N–H and O–H groups in total. The summed E-state index contributed by atoms with van der Waals surface area (Å²) in [6.07, 6.45) is 0. The summed E-state index contributed by atoms with van der Waals surface area (Å²) in [7, 11) is 0. The van der Waals surface area contributed by atoms with Crippen molar-refractivity contribution in [3.8, 4) is 0 Å². The van der Waals surface area contributed by atoms with E-state index in [-0.39, 0.29) is 0 Å². The van der Waals surface area contributed by atoms with Gasteiger partial charge in [0.05, 0.1) is 0 Å². The van der Waals surface area contributed by atoms with Crippen LogP contribution in [-0.2, 0) is 0 Å². The van der Waals surface area contributed by atoms with E-state index in [0.29, 0.717) is 6.04 Å². The first-order chi connectivity index (χ1) is 9.58. The summed E-state index contributed by atoms with van der Waals surface area (Å²) in [5.74, 6) is 0.751. The molecule has 1 atom stereocenters. The first-order valence-electron chi connectivity index (χ1n) is 7.61. The van der Waals surface area contributed by atoms with Crippen molar-refractivity contribution in [2.45, 2.75) is 33.7 Å². The molecule has 0 radical (unpaired) electrons. The lowest BCUT2D eigenvalue weighted by Crippen LogP contribution is -2.51. The minimum absolute atomic E-state index is 0.512. The molecule has 1 aliphatic heterocycles. The molecule has 1 aromatic heterocycles. The molecule has 0 amide bonds. The maximum Gasteiger partial charge on any atom is 0.223 e. The second-order valence-electron chi connectivity index (χ2n) is 5.67. The van der Waals surface area contributed by atoms with Crippen molar-refractivity contribution < 1.29 is 0 Å². The van der Waals surface area contributed by atoms with Crippen LogP contribution in [-0.4, -0.2) is 65.1 Å². The van der Waals surface area contributed by atoms with Gasteiger partial charge in [0.2, 0.25) is 5.95 Å². The summed E-state index contributed by atoms with van der Waals surface area (Å²) in [4.78, 5) is 13.9. The van der Waals surface area contributed by atoms with Crippen molar-refractivity contribution in [1.82, 2.24) is 19.8 Å². The number of hydrogen-bond donors (Lipinski definition) is 1. The van der Waals surface area contributed by atoms with Gasteiger partial charge >= 0.3 is 0 Å². The van der Waals surface area contributed by atoms with Gasteiger partial charge in [-0.3, -0.25) is 4.90 Å². The van der Waals surface area contributed by atoms with Gasteiger partial charge in [0, 0.05) is 50.2 Å². The predicted octanol–water partition coefficient (Wildman–Crippen LogP) is 1.53. The molecule has 1 saturated heterocycles. The Labute approximate surface area is 122 Å². The molecule has 5 heteroatoms. The molecule has 2 rings (SSSR count). The number of anilines is 1. The van der Waals surface area contributed by atoms with E-state index in [1.54, 1.807) is 0 Å². The van der Waals surface area contributed by atoms with Crippen molar-refractivity contribution in [1.29, 1.82) is 0 Å². The van der Waals surface area contributed by atoms with Crippen LogP contribution in [0, 0.1) is 13.8 Å². The van der Waals surface area contributed by atoms with Crippen molar-refractivity contribution in [2.75, 3.05) is 44.6 Å². The topological polar surface area (TPSA) is 44.3 Å². The highest BCUT2D eigenvalue weighted by molar-refractivity contribution is 5.27. The molecule has 1 aromatic rings. The molecule has 0 saturated carbocycles. The highest BCUT2D eigenvalue weighted by Crippen LogP contribution is 2.08. The molecule has 112 valence electrons. The van der Waals surface area contributed by atoms with Crippen molar-refractivity contribution in [2.24, 2.45) is 0 Å². The fraction of sp³-hybridized carbons (Fsp3) is 0.733. The molecule has 0 aliphatic carbocycles. The lowest BCUT2D eigenvalue weighted by Gasteiger charge is -2.37. The summed E-state index contributed by atoms with van der Waals surface area (Å²) < 4.78 is 0. The summed E-state index contributed by atoms with van der Waals surface area (Å²) in [5, 5.41) is 3.37. The van der Waals surface area contributed by atoms with Gasteiger partial charge in [-0.1, -0.05) is 6.92 Å². The smallest absolute Gasteiger partial charge is 0.223 e. The van der Waals surface area contributed by atoms with E-state index in [2.05, 4.69) is 38.9 Å². The average molecular weight is 277 g/mol. The minimum Gasteiger partial charge on any atom is -0.353 e. The molecule has 2 heterocycles. The van der Waals surface area contributed by atoms with E-state index in [4.69, 9.17) is 0 Å². The van der Waals surface area contributed by atoms with Gasteiger partial charge in [-0.25, -0.2) is 9.97 Å². The van der Waals surface area contributed by atoms with Gasteiger partial charge in [-0.05, 0) is 33.4 Å². The van der Waals surface area contributed by atoms with E-state index in [1.165, 1.54) is 13.1 Å². The average Bonchev–Trinajstić information content (AvgIpc) is 2.44. The number of rotatable bonds is 5. The highest BCUT2D eigenvalue weighted by atomic mass is 15.3. The van der Waals surface area contributed by atoms with Crippen LogP contribution in [0.3, 0.4) is 0 Å². The monoisotopic (exact) mass is 277 g/mol. The zero-order chi connectivity index (χ0) is 14.5. The van der Waals surface area contributed by atoms with Gasteiger partial charge in [0.25, 0.3) is 0 Å².